The summed E-state index contributed by atoms with van der Waals surface area (Å²) in [5.74, 6) is -1.43. The van der Waals surface area contributed by atoms with Crippen LogP contribution < -0.4 is 0 Å². The van der Waals surface area contributed by atoms with Crippen molar-refractivity contribution in [2.45, 2.75) is 38.5 Å². The maximum absolute atomic E-state index is 13.7. The van der Waals surface area contributed by atoms with Crippen LogP contribution in [0.2, 0.25) is 0 Å². The van der Waals surface area contributed by atoms with Crippen LogP contribution in [0.1, 0.15) is 43.4 Å². The lowest BCUT2D eigenvalue weighted by atomic mass is 9.78. The summed E-state index contributed by atoms with van der Waals surface area (Å²) in [7, 11) is 0. The molecule has 0 amide bonds. The average molecular weight is 354 g/mol. The highest BCUT2D eigenvalue weighted by Gasteiger charge is 2.33. The summed E-state index contributed by atoms with van der Waals surface area (Å²) < 4.78 is 14.3. The van der Waals surface area contributed by atoms with Gasteiger partial charge < -0.3 is 10.1 Å². The summed E-state index contributed by atoms with van der Waals surface area (Å²) in [4.78, 5) is 14.8. The summed E-state index contributed by atoms with van der Waals surface area (Å²) in [5, 5.41) is 10.3. The number of hydrogen-bond acceptors (Lipinski definition) is 1. The maximum Gasteiger partial charge on any atom is 0.307 e. The fourth-order valence-electron chi connectivity index (χ4n) is 3.56. The molecule has 0 aliphatic heterocycles. The Morgan fingerprint density at radius 1 is 1.57 bits per heavy atom. The third kappa shape index (κ3) is 2.37. The van der Waals surface area contributed by atoms with E-state index in [-0.39, 0.29) is 17.7 Å². The molecule has 0 radical (unpaired) electrons. The van der Waals surface area contributed by atoms with E-state index in [9.17, 15) is 14.3 Å². The number of aromatic nitrogens is 1. The molecule has 1 aliphatic rings. The summed E-state index contributed by atoms with van der Waals surface area (Å²) in [6.07, 6.45) is 3.29. The zero-order valence-electron chi connectivity index (χ0n) is 11.7. The lowest BCUT2D eigenvalue weighted by Gasteiger charge is -2.27. The number of carbonyl (C=O) groups is 1. The van der Waals surface area contributed by atoms with Gasteiger partial charge >= 0.3 is 5.97 Å². The first-order chi connectivity index (χ1) is 10.0. The first kappa shape index (κ1) is 14.6. The number of aliphatic carboxylic acids is 1. The van der Waals surface area contributed by atoms with Crippen molar-refractivity contribution in [3.63, 3.8) is 0 Å². The monoisotopic (exact) mass is 353 g/mol. The average Bonchev–Trinajstić information content (AvgIpc) is 2.79. The van der Waals surface area contributed by atoms with Crippen molar-refractivity contribution in [1.82, 2.24) is 4.98 Å². The minimum atomic E-state index is -0.751. The summed E-state index contributed by atoms with van der Waals surface area (Å²) in [5.41, 5.74) is 2.94. The smallest absolute Gasteiger partial charge is 0.307 e. The fourth-order valence-corrected chi connectivity index (χ4v) is 4.09. The van der Waals surface area contributed by atoms with Gasteiger partial charge in [0.15, 0.2) is 0 Å². The molecule has 1 aromatic carbocycles. The Kier molecular flexibility index (Phi) is 3.78. The number of H-pyrrole nitrogens is 1. The van der Waals surface area contributed by atoms with Crippen LogP contribution in [0.4, 0.5) is 4.39 Å². The Morgan fingerprint density at radius 2 is 2.33 bits per heavy atom. The molecule has 2 atom stereocenters. The van der Waals surface area contributed by atoms with Crippen LogP contribution in [0.15, 0.2) is 16.6 Å². The second kappa shape index (κ2) is 5.44. The van der Waals surface area contributed by atoms with Crippen LogP contribution in [-0.4, -0.2) is 16.1 Å². The molecule has 5 heteroatoms. The van der Waals surface area contributed by atoms with Crippen molar-refractivity contribution in [2.75, 3.05) is 0 Å². The second-order valence-electron chi connectivity index (χ2n) is 5.68. The molecule has 3 rings (SSSR count). The van der Waals surface area contributed by atoms with Gasteiger partial charge in [0.1, 0.15) is 5.82 Å². The van der Waals surface area contributed by atoms with Gasteiger partial charge in [-0.05, 0) is 59.3 Å². The molecule has 1 heterocycles. The molecule has 21 heavy (non-hydrogen) atoms. The van der Waals surface area contributed by atoms with E-state index < -0.39 is 5.97 Å². The van der Waals surface area contributed by atoms with Crippen molar-refractivity contribution in [2.24, 2.45) is 5.92 Å². The Balaban J connectivity index is 2.18. The van der Waals surface area contributed by atoms with Gasteiger partial charge in [0, 0.05) is 21.5 Å². The van der Waals surface area contributed by atoms with Gasteiger partial charge in [-0.3, -0.25) is 4.79 Å². The lowest BCUT2D eigenvalue weighted by Crippen LogP contribution is -2.24. The molecule has 2 N–H and O–H groups in total. The molecule has 0 saturated heterocycles. The normalized spacial score (nSPS) is 19.5. The molecule has 2 aromatic rings. The summed E-state index contributed by atoms with van der Waals surface area (Å²) in [6, 6.07) is 2.98. The largest absolute Gasteiger partial charge is 0.481 e. The summed E-state index contributed by atoms with van der Waals surface area (Å²) in [6.45, 7) is 1.91. The van der Waals surface area contributed by atoms with Gasteiger partial charge in [-0.2, -0.15) is 0 Å². The van der Waals surface area contributed by atoms with Crippen molar-refractivity contribution in [3.8, 4) is 0 Å². The van der Waals surface area contributed by atoms with Crippen LogP contribution >= 0.6 is 15.9 Å². The number of aromatic amines is 1. The minimum absolute atomic E-state index is 0.0152. The van der Waals surface area contributed by atoms with Crippen LogP contribution in [-0.2, 0) is 11.2 Å². The predicted molar refractivity (Wildman–Crippen MR) is 83.1 cm³/mol. The van der Waals surface area contributed by atoms with Crippen molar-refractivity contribution in [1.29, 1.82) is 0 Å². The van der Waals surface area contributed by atoms with Crippen LogP contribution in [0.3, 0.4) is 0 Å². The number of rotatable bonds is 3. The standard InChI is InChI=1S/C16H17BrFNO2/c1-2-9(16(20)21)10-4-3-5-11-12-6-8(18)7-13(17)15(12)19-14(10)11/h6-7,9-10,19H,2-5H2,1H3,(H,20,21). The van der Waals surface area contributed by atoms with Crippen molar-refractivity contribution < 1.29 is 14.3 Å². The number of aryl methyl sites for hydroxylation is 1. The molecule has 1 aliphatic carbocycles. The van der Waals surface area contributed by atoms with Gasteiger partial charge in [-0.25, -0.2) is 4.39 Å². The number of fused-ring (bicyclic) bond motifs is 3. The fraction of sp³-hybridized carbons (Fsp3) is 0.438. The number of halogens is 2. The van der Waals surface area contributed by atoms with E-state index in [1.54, 1.807) is 6.07 Å². The third-order valence-electron chi connectivity index (χ3n) is 4.52. The predicted octanol–water partition coefficient (Wildman–Crippen LogP) is 4.60. The zero-order chi connectivity index (χ0) is 15.1. The molecule has 0 fully saturated rings. The van der Waals surface area contributed by atoms with Crippen LogP contribution in [0.25, 0.3) is 10.9 Å². The van der Waals surface area contributed by atoms with Crippen LogP contribution in [0, 0.1) is 11.7 Å². The first-order valence-corrected chi connectivity index (χ1v) is 8.04. The van der Waals surface area contributed by atoms with E-state index in [1.165, 1.54) is 6.07 Å². The number of benzene rings is 1. The number of nitrogens with one attached hydrogen (secondary N) is 1. The second-order valence-corrected chi connectivity index (χ2v) is 6.53. The molecule has 2 unspecified atom stereocenters. The zero-order valence-corrected chi connectivity index (χ0v) is 13.3. The number of carboxylic acid groups (broad SMARTS) is 1. The molecule has 0 bridgehead atoms. The van der Waals surface area contributed by atoms with Crippen molar-refractivity contribution >= 4 is 32.8 Å². The first-order valence-electron chi connectivity index (χ1n) is 7.25. The highest BCUT2D eigenvalue weighted by Crippen LogP contribution is 2.42. The minimum Gasteiger partial charge on any atom is -0.481 e. The molecule has 3 nitrogen and oxygen atoms in total. The lowest BCUT2D eigenvalue weighted by molar-refractivity contribution is -0.142. The van der Waals surface area contributed by atoms with Gasteiger partial charge in [0.05, 0.1) is 11.4 Å². The quantitative estimate of drug-likeness (QED) is 0.846. The highest BCUT2D eigenvalue weighted by atomic mass is 79.9. The Labute approximate surface area is 130 Å². The molecule has 0 saturated carbocycles. The highest BCUT2D eigenvalue weighted by molar-refractivity contribution is 9.10. The van der Waals surface area contributed by atoms with E-state index in [2.05, 4.69) is 20.9 Å². The van der Waals surface area contributed by atoms with Gasteiger partial charge in [-0.1, -0.05) is 6.92 Å². The van der Waals surface area contributed by atoms with E-state index in [4.69, 9.17) is 0 Å². The Bertz CT molecular complexity index is 710. The van der Waals surface area contributed by atoms with E-state index in [0.717, 1.165) is 41.4 Å². The molecular weight excluding hydrogens is 337 g/mol. The maximum atomic E-state index is 13.7. The van der Waals surface area contributed by atoms with Gasteiger partial charge in [-0.15, -0.1) is 0 Å². The third-order valence-corrected chi connectivity index (χ3v) is 5.15. The van der Waals surface area contributed by atoms with E-state index >= 15 is 0 Å². The number of carboxylic acids is 1. The Hall–Kier alpha value is -1.36. The molecule has 112 valence electrons. The van der Waals surface area contributed by atoms with Gasteiger partial charge in [0.25, 0.3) is 0 Å². The van der Waals surface area contributed by atoms with Crippen LogP contribution in [0.5, 0.6) is 0 Å². The van der Waals surface area contributed by atoms with E-state index in [0.29, 0.717) is 10.9 Å². The molecule has 1 aromatic heterocycles. The van der Waals surface area contributed by atoms with Gasteiger partial charge in [0.2, 0.25) is 0 Å². The van der Waals surface area contributed by atoms with E-state index in [1.807, 2.05) is 6.92 Å². The Morgan fingerprint density at radius 3 is 3.00 bits per heavy atom. The number of hydrogen-bond donors (Lipinski definition) is 2. The summed E-state index contributed by atoms with van der Waals surface area (Å²) >= 11 is 3.39. The molecular formula is C16H17BrFNO2. The molecule has 0 spiro atoms. The van der Waals surface area contributed by atoms with Crippen molar-refractivity contribution in [3.05, 3.63) is 33.7 Å². The topological polar surface area (TPSA) is 53.1 Å². The SMILES string of the molecule is CCC(C(=O)O)C1CCCc2c1[nH]c1c(Br)cc(F)cc21.